The van der Waals surface area contributed by atoms with Crippen LogP contribution in [0.2, 0.25) is 0 Å². The molecule has 1 nitrogen and oxygen atoms in total. The molecule has 0 bridgehead atoms. The Kier molecular flexibility index (Phi) is 4.73. The Morgan fingerprint density at radius 3 is 1.45 bits per heavy atom. The number of hydrogen-bond acceptors (Lipinski definition) is 1. The second-order valence-electron chi connectivity index (χ2n) is 1.65. The lowest BCUT2D eigenvalue weighted by atomic mass is 11.2. The maximum Gasteiger partial charge on any atom is 0.484 e. The molecular weight excluding hydrogens is 262 g/mol. The molecule has 0 rings (SSSR count). The molecule has 64 valence electrons. The molecule has 0 aliphatic heterocycles. The average Bonchev–Trinajstić information content (AvgIpc) is 1.84. The van der Waals surface area contributed by atoms with E-state index in [0.717, 1.165) is 0 Å². The van der Waals surface area contributed by atoms with E-state index in [4.69, 9.17) is 48.4 Å². The maximum absolute atomic E-state index is 5.85. The minimum Gasteiger partial charge on any atom is -0.404 e. The second kappa shape index (κ2) is 4.32. The van der Waals surface area contributed by atoms with Crippen LogP contribution in [0, 0.1) is 0 Å². The fourth-order valence-electron chi connectivity index (χ4n) is 0.344. The molecule has 0 aromatic rings. The van der Waals surface area contributed by atoms with Crippen LogP contribution in [0.4, 0.5) is 0 Å². The molecule has 0 fully saturated rings. The van der Waals surface area contributed by atoms with E-state index in [1.54, 1.807) is 0 Å². The number of halogens is 4. The highest BCUT2D eigenvalue weighted by Gasteiger charge is 2.39. The van der Waals surface area contributed by atoms with Crippen molar-refractivity contribution in [2.24, 2.45) is 0 Å². The zero-order chi connectivity index (χ0) is 9.12. The van der Waals surface area contributed by atoms with Gasteiger partial charge in [0.05, 0.1) is 0 Å². The molecule has 0 N–H and O–H groups in total. The summed E-state index contributed by atoms with van der Waals surface area (Å²) in [5, 5.41) is 0. The third-order valence-corrected chi connectivity index (χ3v) is 7.82. The molecule has 0 heterocycles. The summed E-state index contributed by atoms with van der Waals surface area (Å²) in [6, 6.07) is 0. The lowest BCUT2D eigenvalue weighted by molar-refractivity contribution is 0.628. The van der Waals surface area contributed by atoms with Gasteiger partial charge in [0.25, 0.3) is 0 Å². The molecule has 0 unspecified atom stereocenters. The highest BCUT2D eigenvalue weighted by atomic mass is 35.8. The maximum atomic E-state index is 5.85. The standard InChI is InChI=1S/C4H6Cl4OSi2/c1-3-10(5,4-2)9-11(6,7)8/h3-4H,1-2H2. The lowest BCUT2D eigenvalue weighted by Gasteiger charge is -2.20. The van der Waals surface area contributed by atoms with E-state index in [0.29, 0.717) is 0 Å². The molecule has 0 aliphatic rings. The summed E-state index contributed by atoms with van der Waals surface area (Å²) in [7, 11) is -2.67. The van der Waals surface area contributed by atoms with Crippen molar-refractivity contribution < 1.29 is 4.12 Å². The average molecular weight is 268 g/mol. The first-order valence-corrected chi connectivity index (χ1v) is 10.6. The predicted octanol–water partition coefficient (Wildman–Crippen LogP) is 3.29. The van der Waals surface area contributed by atoms with Crippen LogP contribution >= 0.6 is 44.3 Å². The van der Waals surface area contributed by atoms with Crippen LogP contribution in [0.1, 0.15) is 0 Å². The predicted molar refractivity (Wildman–Crippen MR) is 56.4 cm³/mol. The summed E-state index contributed by atoms with van der Waals surface area (Å²) in [5.41, 5.74) is 2.88. The molecule has 0 saturated carbocycles. The lowest BCUT2D eigenvalue weighted by Crippen LogP contribution is -2.35. The van der Waals surface area contributed by atoms with Crippen LogP contribution in [0.3, 0.4) is 0 Å². The van der Waals surface area contributed by atoms with Gasteiger partial charge in [-0.1, -0.05) is 44.6 Å². The molecule has 0 amide bonds. The Morgan fingerprint density at radius 2 is 1.36 bits per heavy atom. The number of hydrogen-bond donors (Lipinski definition) is 0. The van der Waals surface area contributed by atoms with E-state index in [-0.39, 0.29) is 0 Å². The van der Waals surface area contributed by atoms with Crippen LogP contribution in [0.25, 0.3) is 0 Å². The van der Waals surface area contributed by atoms with E-state index in [9.17, 15) is 0 Å². The Balaban J connectivity index is 4.31. The van der Waals surface area contributed by atoms with E-state index in [2.05, 4.69) is 13.2 Å². The van der Waals surface area contributed by atoms with Crippen LogP contribution in [0.15, 0.2) is 24.6 Å². The van der Waals surface area contributed by atoms with Crippen LogP contribution in [-0.2, 0) is 4.12 Å². The fourth-order valence-corrected chi connectivity index (χ4v) is 8.15. The first kappa shape index (κ1) is 12.0. The highest BCUT2D eigenvalue weighted by Crippen LogP contribution is 2.28. The fraction of sp³-hybridized carbons (Fsp3) is 0. The summed E-state index contributed by atoms with van der Waals surface area (Å²) >= 11 is 22.3. The molecule has 0 aromatic carbocycles. The second-order valence-corrected chi connectivity index (χ2v) is 13.9. The van der Waals surface area contributed by atoms with Gasteiger partial charge in [-0.2, -0.15) is 0 Å². The van der Waals surface area contributed by atoms with E-state index in [1.165, 1.54) is 11.4 Å². The minimum atomic E-state index is -3.13. The van der Waals surface area contributed by atoms with Crippen LogP contribution < -0.4 is 0 Å². The van der Waals surface area contributed by atoms with Crippen LogP contribution in [0.5, 0.6) is 0 Å². The van der Waals surface area contributed by atoms with Gasteiger partial charge in [0.15, 0.2) is 0 Å². The van der Waals surface area contributed by atoms with E-state index >= 15 is 0 Å². The molecule has 0 saturated heterocycles. The van der Waals surface area contributed by atoms with Gasteiger partial charge >= 0.3 is 13.9 Å². The monoisotopic (exact) mass is 266 g/mol. The molecule has 0 spiro atoms. The Morgan fingerprint density at radius 1 is 1.00 bits per heavy atom. The smallest absolute Gasteiger partial charge is 0.404 e. The largest absolute Gasteiger partial charge is 0.484 e. The molecule has 11 heavy (non-hydrogen) atoms. The van der Waals surface area contributed by atoms with Gasteiger partial charge in [-0.15, -0.1) is 24.2 Å². The first-order valence-electron chi connectivity index (χ1n) is 2.56. The zero-order valence-electron chi connectivity index (χ0n) is 5.49. The van der Waals surface area contributed by atoms with Crippen molar-refractivity contribution in [2.75, 3.05) is 0 Å². The SMILES string of the molecule is C=C[Si](Cl)(C=C)O[Si](Cl)(Cl)Cl. The third-order valence-electron chi connectivity index (χ3n) is 0.829. The van der Waals surface area contributed by atoms with Crippen molar-refractivity contribution >= 4 is 58.2 Å². The van der Waals surface area contributed by atoms with Crippen molar-refractivity contribution in [3.05, 3.63) is 24.6 Å². The van der Waals surface area contributed by atoms with Gasteiger partial charge in [-0.25, -0.2) is 0 Å². The molecular formula is C4H6Cl4OSi2. The summed E-state index contributed by atoms with van der Waals surface area (Å²) < 4.78 is 5.03. The third kappa shape index (κ3) is 5.30. The summed E-state index contributed by atoms with van der Waals surface area (Å²) in [6.45, 7) is 6.94. The van der Waals surface area contributed by atoms with Crippen molar-refractivity contribution in [3.63, 3.8) is 0 Å². The highest BCUT2D eigenvalue weighted by molar-refractivity contribution is 7.63. The van der Waals surface area contributed by atoms with Gasteiger partial charge in [0.2, 0.25) is 0 Å². The molecule has 0 aromatic heterocycles. The van der Waals surface area contributed by atoms with Crippen LogP contribution in [-0.4, -0.2) is 13.9 Å². The van der Waals surface area contributed by atoms with Crippen molar-refractivity contribution in [3.8, 4) is 0 Å². The van der Waals surface area contributed by atoms with Gasteiger partial charge < -0.3 is 4.12 Å². The molecule has 0 radical (unpaired) electrons. The first-order chi connectivity index (χ1) is 4.83. The van der Waals surface area contributed by atoms with Crippen molar-refractivity contribution in [2.45, 2.75) is 0 Å². The Bertz CT molecular complexity index is 158. The van der Waals surface area contributed by atoms with Gasteiger partial charge in [0.1, 0.15) is 0 Å². The summed E-state index contributed by atoms with van der Waals surface area (Å²) in [4.78, 5) is 0. The Labute approximate surface area is 86.6 Å². The molecule has 0 atom stereocenters. The van der Waals surface area contributed by atoms with Crippen molar-refractivity contribution in [1.82, 2.24) is 0 Å². The minimum absolute atomic E-state index is 1.44. The molecule has 7 heteroatoms. The summed E-state index contributed by atoms with van der Waals surface area (Å²) in [5.74, 6) is 0. The normalized spacial score (nSPS) is 12.7. The van der Waals surface area contributed by atoms with Gasteiger partial charge in [-0.3, -0.25) is 0 Å². The van der Waals surface area contributed by atoms with E-state index < -0.39 is 13.9 Å². The zero-order valence-corrected chi connectivity index (χ0v) is 10.5. The summed E-state index contributed by atoms with van der Waals surface area (Å²) in [6.07, 6.45) is -3.13. The topological polar surface area (TPSA) is 9.23 Å². The molecule has 0 aliphatic carbocycles. The van der Waals surface area contributed by atoms with Gasteiger partial charge in [0, 0.05) is 0 Å². The quantitative estimate of drug-likeness (QED) is 0.561. The van der Waals surface area contributed by atoms with Crippen molar-refractivity contribution in [1.29, 1.82) is 0 Å². The number of rotatable bonds is 4. The van der Waals surface area contributed by atoms with Gasteiger partial charge in [-0.05, 0) is 0 Å². The van der Waals surface area contributed by atoms with E-state index in [1.807, 2.05) is 0 Å². The Hall–Kier alpha value is 1.03.